The first-order chi connectivity index (χ1) is 11.0. The summed E-state index contributed by atoms with van der Waals surface area (Å²) in [6, 6.07) is 17.0. The van der Waals surface area contributed by atoms with Gasteiger partial charge in [-0.1, -0.05) is 30.3 Å². The maximum Gasteiger partial charge on any atom is 0.317 e. The number of thioether (sulfide) groups is 1. The van der Waals surface area contributed by atoms with Crippen molar-refractivity contribution in [2.24, 2.45) is 0 Å². The van der Waals surface area contributed by atoms with Crippen molar-refractivity contribution in [1.82, 2.24) is 0 Å². The van der Waals surface area contributed by atoms with Crippen LogP contribution in [0.25, 0.3) is 0 Å². The van der Waals surface area contributed by atoms with Crippen molar-refractivity contribution in [2.45, 2.75) is 24.8 Å². The fraction of sp³-hybridized carbons (Fsp3) is 0.222. The second kappa shape index (κ2) is 8.39. The molecule has 0 spiro atoms. The van der Waals surface area contributed by atoms with E-state index in [0.29, 0.717) is 5.69 Å². The van der Waals surface area contributed by atoms with Gasteiger partial charge in [0.1, 0.15) is 0 Å². The molecule has 0 aliphatic carbocycles. The summed E-state index contributed by atoms with van der Waals surface area (Å²) in [7, 11) is 0. The molecular weight excluding hydrogens is 310 g/mol. The van der Waals surface area contributed by atoms with E-state index < -0.39 is 12.1 Å². The van der Waals surface area contributed by atoms with E-state index in [1.54, 1.807) is 13.0 Å². The molecule has 0 aliphatic rings. The second-order valence-corrected chi connectivity index (χ2v) is 6.14. The quantitative estimate of drug-likeness (QED) is 0.649. The number of carbonyl (C=O) groups is 2. The summed E-state index contributed by atoms with van der Waals surface area (Å²) in [6.07, 6.45) is -0.834. The molecule has 5 heteroatoms. The van der Waals surface area contributed by atoms with Gasteiger partial charge in [0.15, 0.2) is 6.10 Å². The number of hydrogen-bond acceptors (Lipinski definition) is 4. The third-order valence-electron chi connectivity index (χ3n) is 3.06. The third-order valence-corrected chi connectivity index (χ3v) is 4.05. The second-order valence-electron chi connectivity index (χ2n) is 5.09. The molecule has 1 atom stereocenters. The molecule has 4 nitrogen and oxygen atoms in total. The van der Waals surface area contributed by atoms with Crippen molar-refractivity contribution in [3.63, 3.8) is 0 Å². The van der Waals surface area contributed by atoms with E-state index in [0.717, 1.165) is 10.5 Å². The Morgan fingerprint density at radius 1 is 1.13 bits per heavy atom. The van der Waals surface area contributed by atoms with E-state index >= 15 is 0 Å². The van der Waals surface area contributed by atoms with Crippen LogP contribution in [0.2, 0.25) is 0 Å². The predicted molar refractivity (Wildman–Crippen MR) is 92.5 cm³/mol. The van der Waals surface area contributed by atoms with E-state index in [9.17, 15) is 9.59 Å². The normalized spacial score (nSPS) is 11.6. The highest BCUT2D eigenvalue weighted by molar-refractivity contribution is 8.00. The molecule has 0 aromatic heterocycles. The molecule has 0 heterocycles. The van der Waals surface area contributed by atoms with Gasteiger partial charge in [0, 0.05) is 10.6 Å². The molecule has 0 saturated heterocycles. The number of hydrogen-bond donors (Lipinski definition) is 1. The minimum atomic E-state index is -0.834. The number of ether oxygens (including phenoxy) is 1. The molecule has 0 aliphatic heterocycles. The zero-order valence-corrected chi connectivity index (χ0v) is 13.9. The zero-order valence-electron chi connectivity index (χ0n) is 13.1. The fourth-order valence-electron chi connectivity index (χ4n) is 1.91. The molecule has 0 radical (unpaired) electrons. The fourth-order valence-corrected chi connectivity index (χ4v) is 2.61. The maximum absolute atomic E-state index is 12.0. The molecule has 2 aromatic rings. The van der Waals surface area contributed by atoms with Gasteiger partial charge in [0.2, 0.25) is 0 Å². The lowest BCUT2D eigenvalue weighted by molar-refractivity contribution is -0.150. The Morgan fingerprint density at radius 2 is 1.87 bits per heavy atom. The van der Waals surface area contributed by atoms with Crippen LogP contribution >= 0.6 is 11.8 Å². The van der Waals surface area contributed by atoms with Crippen molar-refractivity contribution < 1.29 is 14.3 Å². The van der Waals surface area contributed by atoms with Crippen LogP contribution in [-0.2, 0) is 14.3 Å². The van der Waals surface area contributed by atoms with Gasteiger partial charge in [-0.3, -0.25) is 9.59 Å². The molecular formula is C18H19NO3S. The van der Waals surface area contributed by atoms with Crippen LogP contribution in [0.3, 0.4) is 0 Å². The molecule has 1 amide bonds. The van der Waals surface area contributed by atoms with Gasteiger partial charge in [-0.15, -0.1) is 11.8 Å². The summed E-state index contributed by atoms with van der Waals surface area (Å²) in [5.74, 6) is -0.578. The first-order valence-corrected chi connectivity index (χ1v) is 8.28. The SMILES string of the molecule is Cc1cccc(NC(=O)[C@@H](C)OC(=O)CSc2ccccc2)c1. The minimum Gasteiger partial charge on any atom is -0.452 e. The van der Waals surface area contributed by atoms with Crippen LogP contribution in [0.15, 0.2) is 59.5 Å². The molecule has 0 saturated carbocycles. The largest absolute Gasteiger partial charge is 0.452 e. The van der Waals surface area contributed by atoms with Gasteiger partial charge in [-0.05, 0) is 43.7 Å². The van der Waals surface area contributed by atoms with Crippen molar-refractivity contribution in [3.05, 3.63) is 60.2 Å². The lowest BCUT2D eigenvalue weighted by Gasteiger charge is -2.13. The molecule has 0 fully saturated rings. The molecule has 0 bridgehead atoms. The highest BCUT2D eigenvalue weighted by atomic mass is 32.2. The van der Waals surface area contributed by atoms with E-state index in [2.05, 4.69) is 5.32 Å². The average molecular weight is 329 g/mol. The van der Waals surface area contributed by atoms with Gasteiger partial charge in [-0.2, -0.15) is 0 Å². The highest BCUT2D eigenvalue weighted by Crippen LogP contribution is 2.17. The number of anilines is 1. The molecule has 0 unspecified atom stereocenters. The Labute approximate surface area is 140 Å². The van der Waals surface area contributed by atoms with E-state index in [-0.39, 0.29) is 11.7 Å². The first kappa shape index (κ1) is 17.1. The van der Waals surface area contributed by atoms with Crippen molar-refractivity contribution in [1.29, 1.82) is 0 Å². The van der Waals surface area contributed by atoms with Gasteiger partial charge in [0.25, 0.3) is 5.91 Å². The Hall–Kier alpha value is -2.27. The summed E-state index contributed by atoms with van der Waals surface area (Å²) >= 11 is 1.38. The lowest BCUT2D eigenvalue weighted by Crippen LogP contribution is -2.30. The number of rotatable bonds is 6. The van der Waals surface area contributed by atoms with Crippen LogP contribution in [0.4, 0.5) is 5.69 Å². The van der Waals surface area contributed by atoms with Gasteiger partial charge < -0.3 is 10.1 Å². The van der Waals surface area contributed by atoms with E-state index in [1.165, 1.54) is 11.8 Å². The highest BCUT2D eigenvalue weighted by Gasteiger charge is 2.18. The number of benzene rings is 2. The van der Waals surface area contributed by atoms with Crippen LogP contribution in [0.5, 0.6) is 0 Å². The Morgan fingerprint density at radius 3 is 2.57 bits per heavy atom. The third kappa shape index (κ3) is 5.79. The van der Waals surface area contributed by atoms with E-state index in [4.69, 9.17) is 4.74 Å². The predicted octanol–water partition coefficient (Wildman–Crippen LogP) is 3.66. The zero-order chi connectivity index (χ0) is 16.7. The molecule has 120 valence electrons. The Bertz CT molecular complexity index is 673. The summed E-state index contributed by atoms with van der Waals surface area (Å²) in [4.78, 5) is 24.8. The van der Waals surface area contributed by atoms with Gasteiger partial charge in [-0.25, -0.2) is 0 Å². The number of nitrogens with one attached hydrogen (secondary N) is 1. The number of aryl methyl sites for hydroxylation is 1. The van der Waals surface area contributed by atoms with Crippen molar-refractivity contribution >= 4 is 29.3 Å². The standard InChI is InChI=1S/C18H19NO3S/c1-13-7-6-8-15(11-13)19-18(21)14(2)22-17(20)12-23-16-9-4-3-5-10-16/h3-11,14H,12H2,1-2H3,(H,19,21)/t14-/m1/s1. The van der Waals surface area contributed by atoms with Gasteiger partial charge >= 0.3 is 5.97 Å². The van der Waals surface area contributed by atoms with Gasteiger partial charge in [0.05, 0.1) is 5.75 Å². The summed E-state index contributed by atoms with van der Waals surface area (Å²) in [5, 5.41) is 2.74. The number of carbonyl (C=O) groups excluding carboxylic acids is 2. The maximum atomic E-state index is 12.0. The molecule has 2 aromatic carbocycles. The summed E-state index contributed by atoms with van der Waals surface area (Å²) in [6.45, 7) is 3.51. The Kier molecular flexibility index (Phi) is 6.23. The lowest BCUT2D eigenvalue weighted by atomic mass is 10.2. The summed E-state index contributed by atoms with van der Waals surface area (Å²) in [5.41, 5.74) is 1.74. The number of esters is 1. The average Bonchev–Trinajstić information content (AvgIpc) is 2.54. The monoisotopic (exact) mass is 329 g/mol. The number of amides is 1. The Balaban J connectivity index is 1.79. The van der Waals surface area contributed by atoms with Crippen LogP contribution in [-0.4, -0.2) is 23.7 Å². The van der Waals surface area contributed by atoms with Crippen molar-refractivity contribution in [3.8, 4) is 0 Å². The molecule has 23 heavy (non-hydrogen) atoms. The smallest absolute Gasteiger partial charge is 0.317 e. The topological polar surface area (TPSA) is 55.4 Å². The molecule has 2 rings (SSSR count). The van der Waals surface area contributed by atoms with Crippen molar-refractivity contribution in [2.75, 3.05) is 11.1 Å². The minimum absolute atomic E-state index is 0.173. The summed E-state index contributed by atoms with van der Waals surface area (Å²) < 4.78 is 5.16. The van der Waals surface area contributed by atoms with Crippen LogP contribution in [0, 0.1) is 6.92 Å². The van der Waals surface area contributed by atoms with Crippen LogP contribution in [0.1, 0.15) is 12.5 Å². The van der Waals surface area contributed by atoms with E-state index in [1.807, 2.05) is 55.5 Å². The first-order valence-electron chi connectivity index (χ1n) is 7.29. The van der Waals surface area contributed by atoms with Crippen LogP contribution < -0.4 is 5.32 Å². The molecule has 1 N–H and O–H groups in total.